The van der Waals surface area contributed by atoms with Crippen LogP contribution in [-0.4, -0.2) is 43.9 Å². The van der Waals surface area contributed by atoms with Crippen molar-refractivity contribution in [3.05, 3.63) is 33.8 Å². The smallest absolute Gasteiger partial charge is 0.338 e. The summed E-state index contributed by atoms with van der Waals surface area (Å²) in [7, 11) is -3.24. The van der Waals surface area contributed by atoms with Gasteiger partial charge >= 0.3 is 5.97 Å². The largest absolute Gasteiger partial charge is 0.380 e. The third kappa shape index (κ3) is 4.83. The Morgan fingerprint density at radius 3 is 2.50 bits per heavy atom. The van der Waals surface area contributed by atoms with E-state index >= 15 is 0 Å². The first-order valence-electron chi connectivity index (χ1n) is 7.13. The topological polar surface area (TPSA) is 102 Å². The number of nitrogens with zero attached hydrogens (tertiary/aromatic N) is 2. The minimum absolute atomic E-state index is 0.0430. The molecule has 10 heteroatoms. The summed E-state index contributed by atoms with van der Waals surface area (Å²) in [6, 6.07) is 4.67. The number of sulfonamides is 1. The van der Waals surface area contributed by atoms with Crippen molar-refractivity contribution in [1.82, 2.24) is 4.31 Å². The molecule has 0 aromatic heterocycles. The Labute approximate surface area is 150 Å². The van der Waals surface area contributed by atoms with Crippen molar-refractivity contribution in [3.8, 4) is 0 Å². The summed E-state index contributed by atoms with van der Waals surface area (Å²) in [6.45, 7) is 0.557. The van der Waals surface area contributed by atoms with Crippen LogP contribution in [0.5, 0.6) is 0 Å². The number of hydrogen-bond donors (Lipinski definition) is 1. The maximum Gasteiger partial charge on any atom is 0.338 e. The Morgan fingerprint density at radius 1 is 1.33 bits per heavy atom. The molecule has 0 spiro atoms. The lowest BCUT2D eigenvalue weighted by atomic mass is 9.99. The molecule has 7 nitrogen and oxygen atoms in total. The van der Waals surface area contributed by atoms with Gasteiger partial charge in [-0.25, -0.2) is 17.5 Å². The van der Waals surface area contributed by atoms with E-state index in [0.29, 0.717) is 28.5 Å². The SMILES string of the molecule is CS(=O)(=O)N1CCC(C(=O)O/N=C(\N)c2ccc(Cl)cc2Cl)CC1. The van der Waals surface area contributed by atoms with Crippen molar-refractivity contribution in [1.29, 1.82) is 0 Å². The molecule has 0 aliphatic carbocycles. The molecule has 0 radical (unpaired) electrons. The molecule has 24 heavy (non-hydrogen) atoms. The number of amidine groups is 1. The Hall–Kier alpha value is -1.35. The van der Waals surface area contributed by atoms with Crippen LogP contribution in [0.4, 0.5) is 0 Å². The standard InChI is InChI=1S/C14H17Cl2N3O4S/c1-24(21,22)19-6-4-9(5-7-19)14(20)23-18-13(17)11-3-2-10(15)8-12(11)16/h2-3,8-9H,4-7H2,1H3,(H2,17,18). The molecule has 1 saturated heterocycles. The Bertz CT molecular complexity index is 759. The zero-order valence-electron chi connectivity index (χ0n) is 12.9. The quantitative estimate of drug-likeness (QED) is 0.363. The lowest BCUT2D eigenvalue weighted by Crippen LogP contribution is -2.39. The average Bonchev–Trinajstić information content (AvgIpc) is 2.51. The third-order valence-electron chi connectivity index (χ3n) is 3.70. The van der Waals surface area contributed by atoms with Gasteiger partial charge in [0.05, 0.1) is 17.2 Å². The molecule has 0 amide bonds. The van der Waals surface area contributed by atoms with Gasteiger partial charge in [-0.1, -0.05) is 28.4 Å². The summed E-state index contributed by atoms with van der Waals surface area (Å²) in [5, 5.41) is 4.36. The van der Waals surface area contributed by atoms with Crippen molar-refractivity contribution >= 4 is 45.0 Å². The zero-order chi connectivity index (χ0) is 17.9. The third-order valence-corrected chi connectivity index (χ3v) is 5.55. The van der Waals surface area contributed by atoms with E-state index in [2.05, 4.69) is 5.16 Å². The normalized spacial score (nSPS) is 17.7. The minimum Gasteiger partial charge on any atom is -0.380 e. The van der Waals surface area contributed by atoms with Gasteiger partial charge in [0.2, 0.25) is 10.0 Å². The number of carbonyl (C=O) groups excluding carboxylic acids is 1. The van der Waals surface area contributed by atoms with Crippen LogP contribution in [0, 0.1) is 5.92 Å². The van der Waals surface area contributed by atoms with E-state index in [4.69, 9.17) is 33.8 Å². The van der Waals surface area contributed by atoms with E-state index in [1.807, 2.05) is 0 Å². The van der Waals surface area contributed by atoms with Gasteiger partial charge in [-0.3, -0.25) is 0 Å². The van der Waals surface area contributed by atoms with Gasteiger partial charge in [0, 0.05) is 23.7 Å². The van der Waals surface area contributed by atoms with E-state index in [1.165, 1.54) is 10.4 Å². The second kappa shape index (κ2) is 7.69. The lowest BCUT2D eigenvalue weighted by Gasteiger charge is -2.28. The maximum absolute atomic E-state index is 12.0. The first kappa shape index (κ1) is 19.0. The Morgan fingerprint density at radius 2 is 1.96 bits per heavy atom. The van der Waals surface area contributed by atoms with Crippen LogP contribution in [0.2, 0.25) is 10.0 Å². The molecule has 1 aliphatic rings. The van der Waals surface area contributed by atoms with Crippen LogP contribution < -0.4 is 5.73 Å². The number of carbonyl (C=O) groups is 1. The zero-order valence-corrected chi connectivity index (χ0v) is 15.2. The molecular formula is C14H17Cl2N3O4S. The maximum atomic E-state index is 12.0. The van der Waals surface area contributed by atoms with Gasteiger partial charge in [-0.2, -0.15) is 0 Å². The fourth-order valence-corrected chi connectivity index (χ4v) is 3.72. The summed E-state index contributed by atoms with van der Waals surface area (Å²) in [5.41, 5.74) is 6.16. The van der Waals surface area contributed by atoms with Gasteiger partial charge in [-0.15, -0.1) is 0 Å². The molecule has 1 heterocycles. The summed E-state index contributed by atoms with van der Waals surface area (Å²) < 4.78 is 24.2. The molecule has 2 rings (SSSR count). The van der Waals surface area contributed by atoms with Gasteiger partial charge in [-0.05, 0) is 31.0 Å². The van der Waals surface area contributed by atoms with E-state index in [1.54, 1.807) is 12.1 Å². The molecule has 1 fully saturated rings. The van der Waals surface area contributed by atoms with E-state index in [-0.39, 0.29) is 18.9 Å². The van der Waals surface area contributed by atoms with Crippen molar-refractivity contribution < 1.29 is 18.0 Å². The van der Waals surface area contributed by atoms with Gasteiger partial charge < -0.3 is 10.6 Å². The van der Waals surface area contributed by atoms with E-state index in [9.17, 15) is 13.2 Å². The predicted octanol–water partition coefficient (Wildman–Crippen LogP) is 1.83. The number of benzene rings is 1. The summed E-state index contributed by atoms with van der Waals surface area (Å²) >= 11 is 11.8. The molecule has 2 N–H and O–H groups in total. The molecule has 1 aromatic rings. The van der Waals surface area contributed by atoms with E-state index in [0.717, 1.165) is 6.26 Å². The average molecular weight is 394 g/mol. The van der Waals surface area contributed by atoms with Crippen LogP contribution in [0.25, 0.3) is 0 Å². The van der Waals surface area contributed by atoms with Crippen molar-refractivity contribution in [2.24, 2.45) is 16.8 Å². The van der Waals surface area contributed by atoms with Crippen LogP contribution >= 0.6 is 23.2 Å². The second-order valence-corrected chi connectivity index (χ2v) is 8.27. The van der Waals surface area contributed by atoms with Crippen molar-refractivity contribution in [2.45, 2.75) is 12.8 Å². The number of hydrogen-bond acceptors (Lipinski definition) is 5. The van der Waals surface area contributed by atoms with Crippen molar-refractivity contribution in [2.75, 3.05) is 19.3 Å². The number of nitrogens with two attached hydrogens (primary N) is 1. The van der Waals surface area contributed by atoms with E-state index < -0.39 is 21.9 Å². The highest BCUT2D eigenvalue weighted by Crippen LogP contribution is 2.22. The molecule has 0 unspecified atom stereocenters. The summed E-state index contributed by atoms with van der Waals surface area (Å²) in [6.07, 6.45) is 1.90. The Balaban J connectivity index is 1.95. The monoisotopic (exact) mass is 393 g/mol. The highest BCUT2D eigenvalue weighted by atomic mass is 35.5. The van der Waals surface area contributed by atoms with Crippen LogP contribution in [0.1, 0.15) is 18.4 Å². The highest BCUT2D eigenvalue weighted by Gasteiger charge is 2.30. The fraction of sp³-hybridized carbons (Fsp3) is 0.429. The summed E-state index contributed by atoms with van der Waals surface area (Å²) in [4.78, 5) is 16.9. The second-order valence-electron chi connectivity index (χ2n) is 5.45. The molecule has 0 atom stereocenters. The number of rotatable bonds is 4. The number of oxime groups is 1. The fourth-order valence-electron chi connectivity index (χ4n) is 2.34. The minimum atomic E-state index is -3.24. The first-order chi connectivity index (χ1) is 11.2. The van der Waals surface area contributed by atoms with Gasteiger partial charge in [0.1, 0.15) is 0 Å². The van der Waals surface area contributed by atoms with Crippen LogP contribution in [0.3, 0.4) is 0 Å². The number of halogens is 2. The molecular weight excluding hydrogens is 377 g/mol. The first-order valence-corrected chi connectivity index (χ1v) is 9.74. The lowest BCUT2D eigenvalue weighted by molar-refractivity contribution is -0.149. The van der Waals surface area contributed by atoms with Gasteiger partial charge in [0.15, 0.2) is 5.84 Å². The number of piperidine rings is 1. The molecule has 1 aromatic carbocycles. The molecule has 0 saturated carbocycles. The summed E-state index contributed by atoms with van der Waals surface area (Å²) in [5.74, 6) is -1.00. The highest BCUT2D eigenvalue weighted by molar-refractivity contribution is 7.88. The molecule has 132 valence electrons. The molecule has 0 bridgehead atoms. The Kier molecular flexibility index (Phi) is 6.08. The van der Waals surface area contributed by atoms with Crippen LogP contribution in [0.15, 0.2) is 23.4 Å². The van der Waals surface area contributed by atoms with Crippen LogP contribution in [-0.2, 0) is 19.7 Å². The predicted molar refractivity (Wildman–Crippen MR) is 92.4 cm³/mol. The van der Waals surface area contributed by atoms with Gasteiger partial charge in [0.25, 0.3) is 0 Å². The molecule has 1 aliphatic heterocycles. The van der Waals surface area contributed by atoms with Crippen molar-refractivity contribution in [3.63, 3.8) is 0 Å².